The number of hydrogen-bond acceptors (Lipinski definition) is 4. The normalized spacial score (nSPS) is 24.1. The number of ether oxygens (including phenoxy) is 1. The molecule has 2 unspecified atom stereocenters. The van der Waals surface area contributed by atoms with Gasteiger partial charge in [0.15, 0.2) is 0 Å². The van der Waals surface area contributed by atoms with Crippen molar-refractivity contribution in [2.75, 3.05) is 18.0 Å². The Balaban J connectivity index is 1.51. The standard InChI is InChI=1S/C21H21N3O3/c25-20(16-5-3-4-10-22-16)24-13-15-11-18(24)21(26)23(12-14-8-9-14)17-6-1-2-7-19(17)27-15/h1-7,10,14-15,18H,8-9,11-13H2. The first-order valence-corrected chi connectivity index (χ1v) is 9.50. The van der Waals surface area contributed by atoms with Crippen LogP contribution in [0.1, 0.15) is 29.8 Å². The monoisotopic (exact) mass is 363 g/mol. The number of para-hydroxylation sites is 2. The molecule has 2 atom stereocenters. The summed E-state index contributed by atoms with van der Waals surface area (Å²) in [6, 6.07) is 12.4. The molecular formula is C21H21N3O3. The molecular weight excluding hydrogens is 342 g/mol. The number of hydrogen-bond donors (Lipinski definition) is 0. The lowest BCUT2D eigenvalue weighted by Crippen LogP contribution is -2.48. The molecule has 3 aliphatic rings. The Kier molecular flexibility index (Phi) is 3.85. The molecule has 1 saturated carbocycles. The van der Waals surface area contributed by atoms with Crippen molar-refractivity contribution in [2.45, 2.75) is 31.4 Å². The zero-order valence-electron chi connectivity index (χ0n) is 15.0. The zero-order valence-corrected chi connectivity index (χ0v) is 15.0. The number of carbonyl (C=O) groups is 2. The average molecular weight is 363 g/mol. The van der Waals surface area contributed by atoms with Gasteiger partial charge in [0, 0.05) is 19.2 Å². The highest BCUT2D eigenvalue weighted by Gasteiger charge is 2.46. The molecule has 1 saturated heterocycles. The summed E-state index contributed by atoms with van der Waals surface area (Å²) < 4.78 is 6.22. The lowest BCUT2D eigenvalue weighted by Gasteiger charge is -2.31. The summed E-state index contributed by atoms with van der Waals surface area (Å²) in [6.07, 6.45) is 4.23. The highest BCUT2D eigenvalue weighted by Crippen LogP contribution is 2.39. The van der Waals surface area contributed by atoms with Crippen LogP contribution in [0.3, 0.4) is 0 Å². The number of fused-ring (bicyclic) bond motifs is 3. The third kappa shape index (κ3) is 2.95. The van der Waals surface area contributed by atoms with E-state index in [0.717, 1.165) is 24.3 Å². The van der Waals surface area contributed by atoms with E-state index in [1.54, 1.807) is 29.3 Å². The van der Waals surface area contributed by atoms with Crippen molar-refractivity contribution in [3.63, 3.8) is 0 Å². The van der Waals surface area contributed by atoms with E-state index in [1.165, 1.54) is 0 Å². The third-order valence-electron chi connectivity index (χ3n) is 5.55. The van der Waals surface area contributed by atoms with E-state index in [-0.39, 0.29) is 17.9 Å². The van der Waals surface area contributed by atoms with Crippen LogP contribution in [0.4, 0.5) is 5.69 Å². The highest BCUT2D eigenvalue weighted by molar-refractivity contribution is 6.03. The molecule has 6 nitrogen and oxygen atoms in total. The van der Waals surface area contributed by atoms with E-state index < -0.39 is 6.04 Å². The third-order valence-corrected chi connectivity index (χ3v) is 5.55. The van der Waals surface area contributed by atoms with Crippen LogP contribution < -0.4 is 9.64 Å². The first-order valence-electron chi connectivity index (χ1n) is 9.50. The summed E-state index contributed by atoms with van der Waals surface area (Å²) in [4.78, 5) is 34.1. The molecule has 0 radical (unpaired) electrons. The van der Waals surface area contributed by atoms with Gasteiger partial charge in [0.05, 0.1) is 12.2 Å². The maximum Gasteiger partial charge on any atom is 0.273 e. The Morgan fingerprint density at radius 3 is 2.74 bits per heavy atom. The Hall–Kier alpha value is -2.89. The van der Waals surface area contributed by atoms with Crippen LogP contribution >= 0.6 is 0 Å². The lowest BCUT2D eigenvalue weighted by molar-refractivity contribution is -0.122. The van der Waals surface area contributed by atoms with Crippen molar-refractivity contribution in [3.8, 4) is 5.75 Å². The van der Waals surface area contributed by atoms with Gasteiger partial charge in [-0.05, 0) is 43.0 Å². The quantitative estimate of drug-likeness (QED) is 0.841. The van der Waals surface area contributed by atoms with Crippen LogP contribution in [-0.4, -0.2) is 46.9 Å². The predicted octanol–water partition coefficient (Wildman–Crippen LogP) is 2.50. The Morgan fingerprint density at radius 1 is 1.15 bits per heavy atom. The molecule has 27 heavy (non-hydrogen) atoms. The maximum absolute atomic E-state index is 13.5. The van der Waals surface area contributed by atoms with Crippen LogP contribution in [0, 0.1) is 5.92 Å². The highest BCUT2D eigenvalue weighted by atomic mass is 16.5. The van der Waals surface area contributed by atoms with Crippen LogP contribution in [0.2, 0.25) is 0 Å². The molecule has 2 aromatic rings. The van der Waals surface area contributed by atoms with Crippen molar-refractivity contribution in [3.05, 3.63) is 54.4 Å². The SMILES string of the molecule is O=C1C2CC(CN2C(=O)c2ccccn2)Oc2ccccc2N1CC1CC1. The second kappa shape index (κ2) is 6.37. The lowest BCUT2D eigenvalue weighted by atomic mass is 10.1. The Bertz CT molecular complexity index is 881. The molecule has 3 heterocycles. The van der Waals surface area contributed by atoms with Crippen LogP contribution in [-0.2, 0) is 4.79 Å². The Morgan fingerprint density at radius 2 is 1.96 bits per heavy atom. The van der Waals surface area contributed by atoms with Gasteiger partial charge in [-0.1, -0.05) is 18.2 Å². The van der Waals surface area contributed by atoms with Gasteiger partial charge in [-0.25, -0.2) is 0 Å². The first-order chi connectivity index (χ1) is 13.2. The summed E-state index contributed by atoms with van der Waals surface area (Å²) in [7, 11) is 0. The molecule has 1 aromatic carbocycles. The molecule has 1 aliphatic carbocycles. The van der Waals surface area contributed by atoms with E-state index in [0.29, 0.717) is 31.1 Å². The first kappa shape index (κ1) is 16.3. The smallest absolute Gasteiger partial charge is 0.273 e. The molecule has 1 aromatic heterocycles. The van der Waals surface area contributed by atoms with Gasteiger partial charge in [0.1, 0.15) is 23.6 Å². The molecule has 138 valence electrons. The minimum atomic E-state index is -0.503. The van der Waals surface area contributed by atoms with Gasteiger partial charge in [-0.15, -0.1) is 0 Å². The van der Waals surface area contributed by atoms with Gasteiger partial charge >= 0.3 is 0 Å². The van der Waals surface area contributed by atoms with Gasteiger partial charge in [-0.2, -0.15) is 0 Å². The number of likely N-dealkylation sites (tertiary alicyclic amines) is 1. The minimum Gasteiger partial charge on any atom is -0.486 e. The van der Waals surface area contributed by atoms with E-state index in [4.69, 9.17) is 4.74 Å². The largest absolute Gasteiger partial charge is 0.486 e. The predicted molar refractivity (Wildman–Crippen MR) is 99.6 cm³/mol. The summed E-state index contributed by atoms with van der Waals surface area (Å²) in [5.41, 5.74) is 1.18. The number of pyridine rings is 1. The summed E-state index contributed by atoms with van der Waals surface area (Å²) in [6.45, 7) is 1.09. The second-order valence-corrected chi connectivity index (χ2v) is 7.52. The number of anilines is 1. The molecule has 0 N–H and O–H groups in total. The van der Waals surface area contributed by atoms with E-state index in [1.807, 2.05) is 29.2 Å². The van der Waals surface area contributed by atoms with E-state index in [2.05, 4.69) is 4.98 Å². The van der Waals surface area contributed by atoms with E-state index in [9.17, 15) is 9.59 Å². The average Bonchev–Trinajstić information content (AvgIpc) is 3.42. The number of amides is 2. The van der Waals surface area contributed by atoms with Crippen molar-refractivity contribution in [1.29, 1.82) is 0 Å². The second-order valence-electron chi connectivity index (χ2n) is 7.52. The fraction of sp³-hybridized carbons (Fsp3) is 0.381. The topological polar surface area (TPSA) is 62.7 Å². The number of nitrogens with zero attached hydrogens (tertiary/aromatic N) is 3. The molecule has 2 amide bonds. The maximum atomic E-state index is 13.5. The molecule has 0 spiro atoms. The molecule has 2 bridgehead atoms. The van der Waals surface area contributed by atoms with Crippen molar-refractivity contribution in [1.82, 2.24) is 9.88 Å². The van der Waals surface area contributed by atoms with E-state index >= 15 is 0 Å². The number of benzene rings is 1. The molecule has 2 aliphatic heterocycles. The molecule has 2 fully saturated rings. The molecule has 5 rings (SSSR count). The summed E-state index contributed by atoms with van der Waals surface area (Å²) in [5.74, 6) is 1.04. The fourth-order valence-electron chi connectivity index (χ4n) is 3.98. The fourth-order valence-corrected chi connectivity index (χ4v) is 3.98. The Labute approximate surface area is 157 Å². The van der Waals surface area contributed by atoms with Crippen molar-refractivity contribution < 1.29 is 14.3 Å². The van der Waals surface area contributed by atoms with Gasteiger partial charge in [0.25, 0.3) is 5.91 Å². The number of carbonyl (C=O) groups excluding carboxylic acids is 2. The van der Waals surface area contributed by atoms with Gasteiger partial charge < -0.3 is 14.5 Å². The van der Waals surface area contributed by atoms with Crippen LogP contribution in [0.25, 0.3) is 0 Å². The van der Waals surface area contributed by atoms with Crippen LogP contribution in [0.5, 0.6) is 5.75 Å². The minimum absolute atomic E-state index is 0.00979. The number of rotatable bonds is 3. The van der Waals surface area contributed by atoms with Crippen molar-refractivity contribution in [2.24, 2.45) is 5.92 Å². The molecule has 6 heteroatoms. The van der Waals surface area contributed by atoms with Gasteiger partial charge in [-0.3, -0.25) is 14.6 Å². The van der Waals surface area contributed by atoms with Crippen LogP contribution in [0.15, 0.2) is 48.7 Å². The van der Waals surface area contributed by atoms with Gasteiger partial charge in [0.2, 0.25) is 5.91 Å². The summed E-state index contributed by atoms with van der Waals surface area (Å²) >= 11 is 0. The zero-order chi connectivity index (χ0) is 18.4. The summed E-state index contributed by atoms with van der Waals surface area (Å²) in [5, 5.41) is 0. The number of aromatic nitrogens is 1. The van der Waals surface area contributed by atoms with Crippen molar-refractivity contribution >= 4 is 17.5 Å².